The van der Waals surface area contributed by atoms with Crippen molar-refractivity contribution in [3.63, 3.8) is 0 Å². The van der Waals surface area contributed by atoms with E-state index in [1.54, 1.807) is 0 Å². The average molecular weight is 720 g/mol. The van der Waals surface area contributed by atoms with Crippen molar-refractivity contribution in [2.24, 2.45) is 0 Å². The molecular weight excluding hydrogens is 720 g/mol. The molecule has 0 unspecified atom stereocenters. The molecule has 0 aliphatic rings. The topological polar surface area (TPSA) is 94.6 Å². The summed E-state index contributed by atoms with van der Waals surface area (Å²) in [7, 11) is 0. The highest BCUT2D eigenvalue weighted by Gasteiger charge is 2.39. The highest BCUT2D eigenvalue weighted by molar-refractivity contribution is 9.39. The Kier molecular flexibility index (Phi) is 4.74. The summed E-state index contributed by atoms with van der Waals surface area (Å²) in [5, 5.41) is -0.634. The van der Waals surface area contributed by atoms with Crippen LogP contribution in [-0.4, -0.2) is 0 Å². The Bertz CT molecular complexity index is 1030. The Balaban J connectivity index is 2.93. The van der Waals surface area contributed by atoms with Crippen molar-refractivity contribution in [3.05, 3.63) is 52.8 Å². The van der Waals surface area contributed by atoms with Gasteiger partial charge in [-0.1, -0.05) is 95.6 Å². The lowest BCUT2D eigenvalue weighted by atomic mass is 9.98. The van der Waals surface area contributed by atoms with Crippen LogP contribution in [0.25, 0.3) is 21.5 Å². The summed E-state index contributed by atoms with van der Waals surface area (Å²) in [4.78, 5) is 48.9. The van der Waals surface area contributed by atoms with Gasteiger partial charge in [0.1, 0.15) is 0 Å². The second-order valence-electron chi connectivity index (χ2n) is 4.60. The SMILES string of the molecule is O=c1oc(=O)c2c(C(Br)(Br)Br)c3c(=O)oc(=O)c3c(C(Br)(Br)Br)c12. The molecule has 0 radical (unpaired) electrons. The number of hydrogen-bond donors (Lipinski definition) is 0. The smallest absolute Gasteiger partial charge is 0.347 e. The van der Waals surface area contributed by atoms with E-state index in [9.17, 15) is 19.2 Å². The van der Waals surface area contributed by atoms with E-state index in [2.05, 4.69) is 104 Å². The number of furan rings is 2. The van der Waals surface area contributed by atoms with Crippen LogP contribution in [0.3, 0.4) is 0 Å². The lowest BCUT2D eigenvalue weighted by Crippen LogP contribution is -2.14. The summed E-state index contributed by atoms with van der Waals surface area (Å²) < 4.78 is 6.82. The number of hydrogen-bond acceptors (Lipinski definition) is 6. The first-order valence-corrected chi connectivity index (χ1v) is 10.5. The first-order chi connectivity index (χ1) is 10.9. The monoisotopic (exact) mass is 713 g/mol. The predicted molar refractivity (Wildman–Crippen MR) is 110 cm³/mol. The molecule has 0 bridgehead atoms. The zero-order valence-electron chi connectivity index (χ0n) is 10.7. The van der Waals surface area contributed by atoms with E-state index in [-0.39, 0.29) is 32.7 Å². The molecule has 2 heterocycles. The van der Waals surface area contributed by atoms with E-state index in [1.807, 2.05) is 0 Å². The van der Waals surface area contributed by atoms with Crippen LogP contribution in [0, 0.1) is 0 Å². The lowest BCUT2D eigenvalue weighted by Gasteiger charge is -2.19. The largest absolute Gasteiger partial charge is 0.386 e. The zero-order valence-corrected chi connectivity index (χ0v) is 20.2. The van der Waals surface area contributed by atoms with Crippen molar-refractivity contribution in [1.82, 2.24) is 0 Å². The van der Waals surface area contributed by atoms with Crippen molar-refractivity contribution in [2.75, 3.05) is 0 Å². The van der Waals surface area contributed by atoms with Crippen molar-refractivity contribution in [3.8, 4) is 0 Å². The number of benzene rings is 1. The summed E-state index contributed by atoms with van der Waals surface area (Å²) in [5.41, 5.74) is -3.75. The molecule has 0 aliphatic heterocycles. The molecule has 0 spiro atoms. The summed E-state index contributed by atoms with van der Waals surface area (Å²) in [6.07, 6.45) is 0. The minimum Gasteiger partial charge on any atom is -0.386 e. The molecule has 126 valence electrons. The molecule has 24 heavy (non-hydrogen) atoms. The van der Waals surface area contributed by atoms with Crippen LogP contribution in [0.5, 0.6) is 0 Å². The first kappa shape index (κ1) is 19.2. The fraction of sp³-hybridized carbons (Fsp3) is 0.167. The number of fused-ring (bicyclic) bond motifs is 2. The molecule has 2 aromatic heterocycles. The maximum Gasteiger partial charge on any atom is 0.347 e. The molecule has 12 heteroatoms. The molecule has 0 amide bonds. The molecule has 6 nitrogen and oxygen atoms in total. The third-order valence-electron chi connectivity index (χ3n) is 3.25. The third-order valence-corrected chi connectivity index (χ3v) is 5.63. The van der Waals surface area contributed by atoms with Gasteiger partial charge in [-0.15, -0.1) is 0 Å². The molecule has 0 aliphatic carbocycles. The Morgan fingerprint density at radius 1 is 0.500 bits per heavy atom. The quantitative estimate of drug-likeness (QED) is 0.326. The lowest BCUT2D eigenvalue weighted by molar-refractivity contribution is 0.498. The fourth-order valence-electron chi connectivity index (χ4n) is 2.51. The van der Waals surface area contributed by atoms with Gasteiger partial charge >= 0.3 is 22.5 Å². The van der Waals surface area contributed by atoms with Crippen LogP contribution in [-0.2, 0) is 4.29 Å². The van der Waals surface area contributed by atoms with Crippen LogP contribution in [0.2, 0.25) is 0 Å². The Morgan fingerprint density at radius 2 is 0.708 bits per heavy atom. The molecule has 3 rings (SSSR count). The van der Waals surface area contributed by atoms with Gasteiger partial charge < -0.3 is 8.83 Å². The molecule has 0 fully saturated rings. The molecule has 0 saturated carbocycles. The van der Waals surface area contributed by atoms with Crippen LogP contribution in [0.1, 0.15) is 11.1 Å². The molecule has 3 aromatic rings. The van der Waals surface area contributed by atoms with Gasteiger partial charge in [0.2, 0.25) is 0 Å². The summed E-state index contributed by atoms with van der Waals surface area (Å²) >= 11 is 19.3. The second-order valence-corrected chi connectivity index (χ2v) is 18.1. The number of halogens is 6. The number of rotatable bonds is 0. The average Bonchev–Trinajstić information content (AvgIpc) is 2.84. The second kappa shape index (κ2) is 5.95. The molecular formula is C12Br6O6. The van der Waals surface area contributed by atoms with Gasteiger partial charge in [0.25, 0.3) is 0 Å². The van der Waals surface area contributed by atoms with Gasteiger partial charge in [-0.05, 0) is 0 Å². The standard InChI is InChI=1S/C12Br6O6/c13-11(14,15)5-1-2(8(20)23-7(1)19)6(12(16,17)18)4-3(5)9(21)24-10(4)22. The van der Waals surface area contributed by atoms with E-state index in [0.29, 0.717) is 0 Å². The normalized spacial score (nSPS) is 13.2. The van der Waals surface area contributed by atoms with Gasteiger partial charge in [-0.3, -0.25) is 0 Å². The van der Waals surface area contributed by atoms with Crippen LogP contribution in [0.4, 0.5) is 0 Å². The summed E-state index contributed by atoms with van der Waals surface area (Å²) in [6, 6.07) is 0. The van der Waals surface area contributed by atoms with Crippen LogP contribution >= 0.6 is 95.6 Å². The van der Waals surface area contributed by atoms with Gasteiger partial charge in [0.15, 0.2) is 4.29 Å². The van der Waals surface area contributed by atoms with E-state index in [1.165, 1.54) is 0 Å². The van der Waals surface area contributed by atoms with Gasteiger partial charge in [-0.25, -0.2) is 19.2 Å². The summed E-state index contributed by atoms with van der Waals surface area (Å²) in [6.45, 7) is 0. The van der Waals surface area contributed by atoms with Crippen molar-refractivity contribution in [1.29, 1.82) is 0 Å². The van der Waals surface area contributed by atoms with E-state index < -0.39 is 26.8 Å². The van der Waals surface area contributed by atoms with Gasteiger partial charge in [-0.2, -0.15) is 0 Å². The predicted octanol–water partition coefficient (Wildman–Crippen LogP) is 4.09. The Morgan fingerprint density at radius 3 is 0.875 bits per heavy atom. The summed E-state index contributed by atoms with van der Waals surface area (Å²) in [5.74, 6) is 0. The van der Waals surface area contributed by atoms with Crippen LogP contribution in [0.15, 0.2) is 28.0 Å². The van der Waals surface area contributed by atoms with Crippen molar-refractivity contribution < 1.29 is 8.83 Å². The van der Waals surface area contributed by atoms with Crippen LogP contribution < -0.4 is 22.5 Å². The third kappa shape index (κ3) is 2.81. The van der Waals surface area contributed by atoms with Crippen molar-refractivity contribution >= 4 is 117 Å². The van der Waals surface area contributed by atoms with E-state index >= 15 is 0 Å². The molecule has 0 atom stereocenters. The maximum absolute atomic E-state index is 12.2. The highest BCUT2D eigenvalue weighted by atomic mass is 80.0. The Hall–Kier alpha value is 0.380. The molecule has 0 N–H and O–H groups in total. The fourth-order valence-corrected chi connectivity index (χ4v) is 4.88. The van der Waals surface area contributed by atoms with Gasteiger partial charge in [0, 0.05) is 11.1 Å². The minimum absolute atomic E-state index is 0.0136. The van der Waals surface area contributed by atoms with Gasteiger partial charge in [0.05, 0.1) is 21.5 Å². The highest BCUT2D eigenvalue weighted by Crippen LogP contribution is 2.53. The number of alkyl halides is 6. The zero-order chi connectivity index (χ0) is 18.2. The van der Waals surface area contributed by atoms with Crippen molar-refractivity contribution in [2.45, 2.75) is 4.29 Å². The van der Waals surface area contributed by atoms with E-state index in [0.717, 1.165) is 0 Å². The molecule has 0 saturated heterocycles. The Labute approximate surface area is 181 Å². The maximum atomic E-state index is 12.2. The first-order valence-electron chi connectivity index (χ1n) is 5.77. The van der Waals surface area contributed by atoms with E-state index in [4.69, 9.17) is 0 Å². The molecule has 1 aromatic carbocycles. The minimum atomic E-state index is -1.28.